The van der Waals surface area contributed by atoms with Crippen molar-refractivity contribution in [3.8, 4) is 22.6 Å². The molecule has 8 heteroatoms. The number of aryl methyl sites for hydroxylation is 1. The maximum absolute atomic E-state index is 13.3. The van der Waals surface area contributed by atoms with Crippen LogP contribution in [0, 0.1) is 5.41 Å². The molecule has 2 heterocycles. The number of hydrogen-bond acceptors (Lipinski definition) is 6. The number of fused-ring (bicyclic) bond motifs is 2. The van der Waals surface area contributed by atoms with Gasteiger partial charge in [-0.1, -0.05) is 19.9 Å². The van der Waals surface area contributed by atoms with Crippen molar-refractivity contribution in [1.29, 1.82) is 0 Å². The summed E-state index contributed by atoms with van der Waals surface area (Å²) in [6, 6.07) is 5.26. The van der Waals surface area contributed by atoms with Gasteiger partial charge in [0.25, 0.3) is 5.56 Å². The summed E-state index contributed by atoms with van der Waals surface area (Å²) < 4.78 is 13.2. The number of carbonyl (C=O) groups excluding carboxylic acids is 1. The van der Waals surface area contributed by atoms with Gasteiger partial charge in [-0.05, 0) is 29.5 Å². The van der Waals surface area contributed by atoms with Crippen LogP contribution in [0.4, 0.5) is 0 Å². The number of hydrogen-bond donors (Lipinski definition) is 0. The van der Waals surface area contributed by atoms with Crippen molar-refractivity contribution >= 4 is 16.8 Å². The van der Waals surface area contributed by atoms with E-state index in [1.165, 1.54) is 18.7 Å². The zero-order valence-corrected chi connectivity index (χ0v) is 18.5. The lowest BCUT2D eigenvalue weighted by molar-refractivity contribution is 0.0911. The van der Waals surface area contributed by atoms with E-state index in [9.17, 15) is 14.4 Å². The number of pyridine rings is 1. The number of nitrogens with zero attached hydrogens (tertiary/aromatic N) is 3. The second kappa shape index (κ2) is 7.08. The molecule has 162 valence electrons. The van der Waals surface area contributed by atoms with Crippen LogP contribution >= 0.6 is 0 Å². The van der Waals surface area contributed by atoms with E-state index >= 15 is 0 Å². The van der Waals surface area contributed by atoms with Crippen molar-refractivity contribution in [2.45, 2.75) is 26.7 Å². The molecule has 31 heavy (non-hydrogen) atoms. The van der Waals surface area contributed by atoms with E-state index in [0.29, 0.717) is 46.7 Å². The molecule has 0 spiro atoms. The fourth-order valence-electron chi connectivity index (χ4n) is 4.38. The molecule has 1 aliphatic carbocycles. The number of methoxy groups -OCH3 is 2. The van der Waals surface area contributed by atoms with Crippen LogP contribution in [0.15, 0.2) is 27.8 Å². The van der Waals surface area contributed by atoms with Gasteiger partial charge in [-0.15, -0.1) is 0 Å². The van der Waals surface area contributed by atoms with Crippen LogP contribution in [0.3, 0.4) is 0 Å². The Morgan fingerprint density at radius 1 is 0.935 bits per heavy atom. The number of Topliss-reactive ketones (excluding diaryl/α,β-unsaturated/α-hetero) is 1. The Hall–Kier alpha value is -3.42. The molecule has 8 nitrogen and oxygen atoms in total. The number of rotatable bonds is 3. The van der Waals surface area contributed by atoms with Crippen molar-refractivity contribution in [3.05, 3.63) is 50.3 Å². The van der Waals surface area contributed by atoms with Crippen LogP contribution in [-0.2, 0) is 20.5 Å². The summed E-state index contributed by atoms with van der Waals surface area (Å²) in [6.45, 7) is 4.03. The molecule has 0 saturated heterocycles. The van der Waals surface area contributed by atoms with Gasteiger partial charge in [-0.25, -0.2) is 9.78 Å². The van der Waals surface area contributed by atoms with Crippen LogP contribution in [0.5, 0.6) is 11.5 Å². The minimum atomic E-state index is -0.490. The van der Waals surface area contributed by atoms with Crippen LogP contribution in [0.1, 0.15) is 36.3 Å². The number of carbonyl (C=O) groups is 1. The standard InChI is InChI=1S/C23H25N3O5/c1-23(2)10-13-18(14(27)11-23)17(12-7-8-15(30-5)16(9-12)31-6)19-20(24-13)25(3)22(29)26(4)21(19)28/h7-9H,10-11H2,1-6H3. The normalized spacial score (nSPS) is 15.1. The monoisotopic (exact) mass is 423 g/mol. The summed E-state index contributed by atoms with van der Waals surface area (Å²) >= 11 is 0. The maximum atomic E-state index is 13.3. The van der Waals surface area contributed by atoms with E-state index in [-0.39, 0.29) is 22.2 Å². The number of ketones is 1. The third-order valence-corrected chi connectivity index (χ3v) is 5.90. The largest absolute Gasteiger partial charge is 0.493 e. The number of ether oxygens (including phenoxy) is 2. The van der Waals surface area contributed by atoms with Gasteiger partial charge < -0.3 is 9.47 Å². The second-order valence-electron chi connectivity index (χ2n) is 8.72. The predicted molar refractivity (Wildman–Crippen MR) is 117 cm³/mol. The molecule has 0 amide bonds. The first kappa shape index (κ1) is 20.8. The van der Waals surface area contributed by atoms with E-state index in [0.717, 1.165) is 4.57 Å². The molecule has 1 aromatic carbocycles. The summed E-state index contributed by atoms with van der Waals surface area (Å²) in [4.78, 5) is 43.8. The Kier molecular flexibility index (Phi) is 4.76. The quantitative estimate of drug-likeness (QED) is 0.643. The SMILES string of the molecule is COc1ccc(-c2c3c(nc4c2c(=O)n(C)c(=O)n4C)CC(C)(C)CC3=O)cc1OC. The third kappa shape index (κ3) is 3.13. The van der Waals surface area contributed by atoms with Crippen molar-refractivity contribution in [2.24, 2.45) is 19.5 Å². The predicted octanol–water partition coefficient (Wildman–Crippen LogP) is 2.47. The van der Waals surface area contributed by atoms with Crippen LogP contribution < -0.4 is 20.7 Å². The minimum absolute atomic E-state index is 0.0682. The van der Waals surface area contributed by atoms with E-state index in [2.05, 4.69) is 4.98 Å². The van der Waals surface area contributed by atoms with E-state index in [4.69, 9.17) is 9.47 Å². The molecule has 2 aromatic heterocycles. The van der Waals surface area contributed by atoms with Crippen molar-refractivity contribution in [1.82, 2.24) is 14.1 Å². The van der Waals surface area contributed by atoms with Gasteiger partial charge in [0.05, 0.1) is 25.3 Å². The Bertz CT molecular complexity index is 1360. The lowest BCUT2D eigenvalue weighted by Gasteiger charge is -2.31. The summed E-state index contributed by atoms with van der Waals surface area (Å²) in [7, 11) is 6.07. The first-order valence-corrected chi connectivity index (χ1v) is 9.98. The molecule has 0 N–H and O–H groups in total. The molecule has 0 fully saturated rings. The molecule has 1 aliphatic rings. The number of aromatic nitrogens is 3. The molecule has 0 saturated carbocycles. The third-order valence-electron chi connectivity index (χ3n) is 5.90. The lowest BCUT2D eigenvalue weighted by Crippen LogP contribution is -2.38. The highest BCUT2D eigenvalue weighted by Crippen LogP contribution is 2.42. The van der Waals surface area contributed by atoms with E-state index in [1.54, 1.807) is 32.4 Å². The average molecular weight is 423 g/mol. The zero-order chi connectivity index (χ0) is 22.7. The highest BCUT2D eigenvalue weighted by molar-refractivity contribution is 6.11. The maximum Gasteiger partial charge on any atom is 0.332 e. The molecule has 0 atom stereocenters. The van der Waals surface area contributed by atoms with Crippen LogP contribution in [0.2, 0.25) is 0 Å². The van der Waals surface area contributed by atoms with E-state index in [1.807, 2.05) is 13.8 Å². The topological polar surface area (TPSA) is 92.4 Å². The molecule has 3 aromatic rings. The Labute approximate surface area is 179 Å². The summed E-state index contributed by atoms with van der Waals surface area (Å²) in [5, 5.41) is 0.239. The van der Waals surface area contributed by atoms with Crippen molar-refractivity contribution in [3.63, 3.8) is 0 Å². The highest BCUT2D eigenvalue weighted by Gasteiger charge is 2.36. The summed E-state index contributed by atoms with van der Waals surface area (Å²) in [5.41, 5.74) is 1.19. The van der Waals surface area contributed by atoms with Crippen LogP contribution in [0.25, 0.3) is 22.2 Å². The van der Waals surface area contributed by atoms with E-state index < -0.39 is 11.2 Å². The molecule has 4 rings (SSSR count). The first-order chi connectivity index (χ1) is 14.6. The highest BCUT2D eigenvalue weighted by atomic mass is 16.5. The minimum Gasteiger partial charge on any atom is -0.493 e. The van der Waals surface area contributed by atoms with Gasteiger partial charge in [0, 0.05) is 31.6 Å². The molecule has 0 aliphatic heterocycles. The van der Waals surface area contributed by atoms with Crippen molar-refractivity contribution in [2.75, 3.05) is 14.2 Å². The zero-order valence-electron chi connectivity index (χ0n) is 18.5. The van der Waals surface area contributed by atoms with Crippen molar-refractivity contribution < 1.29 is 14.3 Å². The van der Waals surface area contributed by atoms with Gasteiger partial charge in [0.1, 0.15) is 5.65 Å². The molecule has 0 radical (unpaired) electrons. The fourth-order valence-corrected chi connectivity index (χ4v) is 4.38. The summed E-state index contributed by atoms with van der Waals surface area (Å²) in [6.07, 6.45) is 0.910. The smallest absolute Gasteiger partial charge is 0.332 e. The van der Waals surface area contributed by atoms with Gasteiger partial charge in [0.2, 0.25) is 0 Å². The Morgan fingerprint density at radius 3 is 2.26 bits per heavy atom. The molecular weight excluding hydrogens is 398 g/mol. The van der Waals surface area contributed by atoms with Crippen LogP contribution in [-0.4, -0.2) is 34.1 Å². The Morgan fingerprint density at radius 2 is 1.61 bits per heavy atom. The molecular formula is C23H25N3O5. The summed E-state index contributed by atoms with van der Waals surface area (Å²) in [5.74, 6) is 0.941. The van der Waals surface area contributed by atoms with Gasteiger partial charge in [-0.3, -0.25) is 18.7 Å². The lowest BCUT2D eigenvalue weighted by atomic mass is 9.73. The fraction of sp³-hybridized carbons (Fsp3) is 0.391. The van der Waals surface area contributed by atoms with Gasteiger partial charge in [-0.2, -0.15) is 0 Å². The Balaban J connectivity index is 2.23. The molecule has 0 unspecified atom stereocenters. The van der Waals surface area contributed by atoms with Gasteiger partial charge >= 0.3 is 5.69 Å². The first-order valence-electron chi connectivity index (χ1n) is 9.98. The number of benzene rings is 1. The average Bonchev–Trinajstić information content (AvgIpc) is 2.73. The van der Waals surface area contributed by atoms with Gasteiger partial charge in [0.15, 0.2) is 17.3 Å². The molecule has 0 bridgehead atoms. The second-order valence-corrected chi connectivity index (χ2v) is 8.72.